The lowest BCUT2D eigenvalue weighted by Gasteiger charge is -2.15. The summed E-state index contributed by atoms with van der Waals surface area (Å²) >= 11 is 1.47. The molecule has 1 amide bonds. The molecule has 2 aliphatic rings. The van der Waals surface area contributed by atoms with E-state index in [-0.39, 0.29) is 18.5 Å². The maximum atomic E-state index is 12.3. The fraction of sp³-hybridized carbons (Fsp3) is 0.368. The Morgan fingerprint density at radius 3 is 2.67 bits per heavy atom. The van der Waals surface area contributed by atoms with Gasteiger partial charge in [-0.25, -0.2) is 4.79 Å². The number of nitrogens with zero attached hydrogens (tertiary/aromatic N) is 1. The molecule has 4 nitrogen and oxygen atoms in total. The number of aryl methyl sites for hydroxylation is 2. The first-order valence-corrected chi connectivity index (χ1v) is 9.20. The average molecular weight is 341 g/mol. The second kappa shape index (κ2) is 6.40. The summed E-state index contributed by atoms with van der Waals surface area (Å²) < 4.78 is 5.25. The lowest BCUT2D eigenvalue weighted by atomic mass is 9.91. The number of carbonyl (C=O) groups excluding carboxylic acids is 2. The number of esters is 1. The zero-order chi connectivity index (χ0) is 16.5. The van der Waals surface area contributed by atoms with Crippen LogP contribution in [0.3, 0.4) is 0 Å². The van der Waals surface area contributed by atoms with Crippen molar-refractivity contribution in [2.75, 3.05) is 19.7 Å². The van der Waals surface area contributed by atoms with E-state index in [2.05, 4.69) is 18.2 Å². The second-order valence-corrected chi connectivity index (χ2v) is 7.34. The third kappa shape index (κ3) is 2.84. The zero-order valence-corrected chi connectivity index (χ0v) is 14.2. The van der Waals surface area contributed by atoms with Gasteiger partial charge in [-0.3, -0.25) is 4.79 Å². The largest absolute Gasteiger partial charge is 0.451 e. The first-order valence-electron chi connectivity index (χ1n) is 8.38. The summed E-state index contributed by atoms with van der Waals surface area (Å²) in [6.07, 6.45) is 4.03. The molecule has 1 aromatic carbocycles. The Morgan fingerprint density at radius 2 is 1.83 bits per heavy atom. The number of amides is 1. The third-order valence-corrected chi connectivity index (χ3v) is 5.91. The van der Waals surface area contributed by atoms with E-state index < -0.39 is 0 Å². The fourth-order valence-corrected chi connectivity index (χ4v) is 4.59. The predicted octanol–water partition coefficient (Wildman–Crippen LogP) is 3.29. The minimum Gasteiger partial charge on any atom is -0.451 e. The molecular weight excluding hydrogens is 322 g/mol. The minimum absolute atomic E-state index is 0.0903. The van der Waals surface area contributed by atoms with E-state index in [0.717, 1.165) is 43.6 Å². The molecule has 0 unspecified atom stereocenters. The van der Waals surface area contributed by atoms with Crippen LogP contribution in [0.5, 0.6) is 0 Å². The lowest BCUT2D eigenvalue weighted by molar-refractivity contribution is -0.133. The van der Waals surface area contributed by atoms with E-state index in [4.69, 9.17) is 4.74 Å². The van der Waals surface area contributed by atoms with E-state index >= 15 is 0 Å². The fourth-order valence-electron chi connectivity index (χ4n) is 3.43. The van der Waals surface area contributed by atoms with Crippen LogP contribution in [0.4, 0.5) is 0 Å². The number of thiophene rings is 1. The first kappa shape index (κ1) is 15.4. The van der Waals surface area contributed by atoms with Gasteiger partial charge in [0.2, 0.25) is 0 Å². The van der Waals surface area contributed by atoms with Crippen molar-refractivity contribution in [3.63, 3.8) is 0 Å². The van der Waals surface area contributed by atoms with Gasteiger partial charge in [0.1, 0.15) is 4.88 Å². The molecule has 1 aromatic heterocycles. The van der Waals surface area contributed by atoms with Crippen molar-refractivity contribution < 1.29 is 14.3 Å². The number of benzene rings is 1. The van der Waals surface area contributed by atoms with E-state index in [9.17, 15) is 9.59 Å². The Morgan fingerprint density at radius 1 is 1.08 bits per heavy atom. The van der Waals surface area contributed by atoms with E-state index in [1.165, 1.54) is 28.0 Å². The number of carbonyl (C=O) groups is 2. The van der Waals surface area contributed by atoms with Crippen molar-refractivity contribution in [3.05, 3.63) is 46.3 Å². The van der Waals surface area contributed by atoms with Crippen LogP contribution in [0.1, 0.15) is 33.6 Å². The monoisotopic (exact) mass is 341 g/mol. The van der Waals surface area contributed by atoms with E-state index in [1.807, 2.05) is 12.1 Å². The van der Waals surface area contributed by atoms with Gasteiger partial charge in [0.15, 0.2) is 6.61 Å². The number of fused-ring (bicyclic) bond motifs is 3. The van der Waals surface area contributed by atoms with Crippen LogP contribution < -0.4 is 0 Å². The molecule has 24 heavy (non-hydrogen) atoms. The SMILES string of the molecule is O=C(OCC(=O)N1CCCC1)c1cc2c(s1)-c1ccccc1CC2. The van der Waals surface area contributed by atoms with Crippen LogP contribution in [-0.2, 0) is 22.4 Å². The molecule has 2 aromatic rings. The van der Waals surface area contributed by atoms with Gasteiger partial charge in [-0.05, 0) is 48.4 Å². The molecule has 1 saturated heterocycles. The van der Waals surface area contributed by atoms with Gasteiger partial charge in [-0.2, -0.15) is 0 Å². The van der Waals surface area contributed by atoms with Gasteiger partial charge in [-0.15, -0.1) is 11.3 Å². The lowest BCUT2D eigenvalue weighted by Crippen LogP contribution is -2.31. The van der Waals surface area contributed by atoms with Crippen molar-refractivity contribution >= 4 is 23.2 Å². The van der Waals surface area contributed by atoms with Crippen molar-refractivity contribution in [2.45, 2.75) is 25.7 Å². The van der Waals surface area contributed by atoms with Crippen LogP contribution in [-0.4, -0.2) is 36.5 Å². The number of rotatable bonds is 3. The molecule has 0 N–H and O–H groups in total. The molecular formula is C19H19NO3S. The van der Waals surface area contributed by atoms with Crippen molar-refractivity contribution in [2.24, 2.45) is 0 Å². The topological polar surface area (TPSA) is 46.6 Å². The predicted molar refractivity (Wildman–Crippen MR) is 93.3 cm³/mol. The molecule has 0 atom stereocenters. The Hall–Kier alpha value is -2.14. The van der Waals surface area contributed by atoms with Crippen molar-refractivity contribution in [3.8, 4) is 10.4 Å². The number of likely N-dealkylation sites (tertiary alicyclic amines) is 1. The second-order valence-electron chi connectivity index (χ2n) is 6.29. The molecule has 1 aliphatic carbocycles. The van der Waals surface area contributed by atoms with Crippen LogP contribution in [0.15, 0.2) is 30.3 Å². The summed E-state index contributed by atoms with van der Waals surface area (Å²) in [5.74, 6) is -0.480. The number of ether oxygens (including phenoxy) is 1. The molecule has 2 heterocycles. The smallest absolute Gasteiger partial charge is 0.348 e. The first-order chi connectivity index (χ1) is 11.7. The Bertz CT molecular complexity index is 790. The van der Waals surface area contributed by atoms with Crippen LogP contribution in [0, 0.1) is 0 Å². The summed E-state index contributed by atoms with van der Waals surface area (Å²) in [4.78, 5) is 27.8. The molecule has 0 saturated carbocycles. The Balaban J connectivity index is 1.47. The molecule has 4 rings (SSSR count). The average Bonchev–Trinajstić information content (AvgIpc) is 3.28. The summed E-state index contributed by atoms with van der Waals surface area (Å²) in [7, 11) is 0. The van der Waals surface area contributed by atoms with E-state index in [1.54, 1.807) is 4.90 Å². The molecule has 124 valence electrons. The highest BCUT2D eigenvalue weighted by Gasteiger charge is 2.23. The summed E-state index contributed by atoms with van der Waals surface area (Å²) in [5.41, 5.74) is 3.75. The van der Waals surface area contributed by atoms with Gasteiger partial charge in [0.05, 0.1) is 0 Å². The highest BCUT2D eigenvalue weighted by atomic mass is 32.1. The molecule has 5 heteroatoms. The van der Waals surface area contributed by atoms with Crippen LogP contribution in [0.2, 0.25) is 0 Å². The standard InChI is InChI=1S/C19H19NO3S/c21-17(20-9-3-4-10-20)12-23-19(22)16-11-14-8-7-13-5-1-2-6-15(13)18(14)24-16/h1-2,5-6,11H,3-4,7-10,12H2. The summed E-state index contributed by atoms with van der Waals surface area (Å²) in [6.45, 7) is 1.40. The summed E-state index contributed by atoms with van der Waals surface area (Å²) in [6, 6.07) is 10.3. The molecule has 1 fully saturated rings. The number of hydrogen-bond acceptors (Lipinski definition) is 4. The minimum atomic E-state index is -0.389. The van der Waals surface area contributed by atoms with Gasteiger partial charge in [-0.1, -0.05) is 24.3 Å². The Labute approximate surface area is 145 Å². The highest BCUT2D eigenvalue weighted by Crippen LogP contribution is 2.39. The third-order valence-electron chi connectivity index (χ3n) is 4.72. The quantitative estimate of drug-likeness (QED) is 0.805. The molecule has 0 radical (unpaired) electrons. The molecule has 0 bridgehead atoms. The summed E-state index contributed by atoms with van der Waals surface area (Å²) in [5, 5.41) is 0. The molecule has 0 spiro atoms. The van der Waals surface area contributed by atoms with Gasteiger partial charge >= 0.3 is 5.97 Å². The Kier molecular flexibility index (Phi) is 4.10. The van der Waals surface area contributed by atoms with Crippen LogP contribution >= 0.6 is 11.3 Å². The maximum absolute atomic E-state index is 12.3. The van der Waals surface area contributed by atoms with Gasteiger partial charge in [0, 0.05) is 18.0 Å². The maximum Gasteiger partial charge on any atom is 0.348 e. The normalized spacial score (nSPS) is 15.8. The van der Waals surface area contributed by atoms with Crippen molar-refractivity contribution in [1.82, 2.24) is 4.90 Å². The van der Waals surface area contributed by atoms with Crippen LogP contribution in [0.25, 0.3) is 10.4 Å². The zero-order valence-electron chi connectivity index (χ0n) is 13.4. The number of hydrogen-bond donors (Lipinski definition) is 0. The van der Waals surface area contributed by atoms with Gasteiger partial charge in [0.25, 0.3) is 5.91 Å². The van der Waals surface area contributed by atoms with Gasteiger partial charge < -0.3 is 9.64 Å². The highest BCUT2D eigenvalue weighted by molar-refractivity contribution is 7.17. The van der Waals surface area contributed by atoms with E-state index in [0.29, 0.717) is 4.88 Å². The van der Waals surface area contributed by atoms with Crippen molar-refractivity contribution in [1.29, 1.82) is 0 Å². The molecule has 1 aliphatic heterocycles.